The van der Waals surface area contributed by atoms with E-state index in [0.29, 0.717) is 30.8 Å². The van der Waals surface area contributed by atoms with E-state index in [9.17, 15) is 14.4 Å². The van der Waals surface area contributed by atoms with Gasteiger partial charge in [0.05, 0.1) is 12.1 Å². The molecule has 1 amide bonds. The van der Waals surface area contributed by atoms with Crippen LogP contribution in [0, 0.1) is 51.2 Å². The maximum absolute atomic E-state index is 13.9. The van der Waals surface area contributed by atoms with Crippen LogP contribution in [0.4, 0.5) is 4.79 Å². The summed E-state index contributed by atoms with van der Waals surface area (Å²) in [6.07, 6.45) is 10.3. The number of carbonyl (C=O) groups excluding carboxylic acids is 3. The minimum Gasteiger partial charge on any atom is -0.462 e. The van der Waals surface area contributed by atoms with Gasteiger partial charge in [-0.05, 0) is 130 Å². The molecular formula is C39H62N2O5. The highest BCUT2D eigenvalue weighted by Crippen LogP contribution is 2.75. The summed E-state index contributed by atoms with van der Waals surface area (Å²) in [6, 6.07) is 0. The Labute approximate surface area is 278 Å². The predicted octanol–water partition coefficient (Wildman–Crippen LogP) is 7.72. The first-order chi connectivity index (χ1) is 21.5. The van der Waals surface area contributed by atoms with Crippen LogP contribution in [-0.4, -0.2) is 61.1 Å². The van der Waals surface area contributed by atoms with Crippen LogP contribution in [0.5, 0.6) is 0 Å². The molecule has 1 aliphatic heterocycles. The van der Waals surface area contributed by atoms with E-state index in [0.717, 1.165) is 77.3 Å². The van der Waals surface area contributed by atoms with Crippen molar-refractivity contribution in [1.82, 2.24) is 10.2 Å². The molecule has 5 fully saturated rings. The van der Waals surface area contributed by atoms with Crippen molar-refractivity contribution < 1.29 is 23.9 Å². The minimum absolute atomic E-state index is 0.0267. The summed E-state index contributed by atoms with van der Waals surface area (Å²) >= 11 is 0. The van der Waals surface area contributed by atoms with E-state index >= 15 is 0 Å². The Bertz CT molecular complexity index is 1280. The Morgan fingerprint density at radius 1 is 0.935 bits per heavy atom. The van der Waals surface area contributed by atoms with Crippen LogP contribution in [0.25, 0.3) is 0 Å². The number of nitrogens with one attached hydrogen (secondary N) is 1. The average Bonchev–Trinajstić information content (AvgIpc) is 3.26. The van der Waals surface area contributed by atoms with Crippen LogP contribution in [0.2, 0.25) is 0 Å². The van der Waals surface area contributed by atoms with Gasteiger partial charge in [0, 0.05) is 24.7 Å². The van der Waals surface area contributed by atoms with Crippen LogP contribution in [0.15, 0.2) is 11.1 Å². The maximum atomic E-state index is 13.9. The SMILES string of the molecule is CC(=O)O[C@H]1CC[C@@]2(C)C(CC[C@]3(C)C2CCC2=C4C(C(C)C)C(=O)C[C@]4(NC(=O)OCC4CCN(C)CC4)CC[C@]23C)C1(C)C. The van der Waals surface area contributed by atoms with Gasteiger partial charge in [0.1, 0.15) is 11.9 Å². The molecule has 46 heavy (non-hydrogen) atoms. The third-order valence-electron chi connectivity index (χ3n) is 15.2. The third-order valence-corrected chi connectivity index (χ3v) is 15.2. The van der Waals surface area contributed by atoms with Crippen LogP contribution in [-0.2, 0) is 19.1 Å². The molecule has 1 saturated heterocycles. The Morgan fingerprint density at radius 2 is 1.63 bits per heavy atom. The maximum Gasteiger partial charge on any atom is 0.407 e. The van der Waals surface area contributed by atoms with Gasteiger partial charge in [0.2, 0.25) is 0 Å². The molecule has 0 aromatic rings. The van der Waals surface area contributed by atoms with Gasteiger partial charge in [0.25, 0.3) is 0 Å². The molecule has 5 aliphatic carbocycles. The zero-order valence-electron chi connectivity index (χ0n) is 30.4. The number of ketones is 1. The average molecular weight is 639 g/mol. The zero-order chi connectivity index (χ0) is 33.4. The molecule has 0 spiro atoms. The molecule has 0 bridgehead atoms. The quantitative estimate of drug-likeness (QED) is 0.245. The third kappa shape index (κ3) is 5.10. The highest BCUT2D eigenvalue weighted by molar-refractivity contribution is 5.92. The molecule has 7 nitrogen and oxygen atoms in total. The Kier molecular flexibility index (Phi) is 8.59. The number of fused-ring (bicyclic) bond motifs is 6. The largest absolute Gasteiger partial charge is 0.462 e. The molecule has 6 rings (SSSR count). The molecular weight excluding hydrogens is 576 g/mol. The number of ether oxygens (including phenoxy) is 2. The predicted molar refractivity (Wildman–Crippen MR) is 180 cm³/mol. The second kappa shape index (κ2) is 11.6. The molecule has 0 radical (unpaired) electrons. The van der Waals surface area contributed by atoms with Crippen molar-refractivity contribution in [1.29, 1.82) is 0 Å². The lowest BCUT2D eigenvalue weighted by Crippen LogP contribution is -2.65. The first-order valence-electron chi connectivity index (χ1n) is 18.6. The fourth-order valence-corrected chi connectivity index (χ4v) is 12.7. The van der Waals surface area contributed by atoms with Crippen LogP contribution in [0.3, 0.4) is 0 Å². The molecule has 258 valence electrons. The van der Waals surface area contributed by atoms with Gasteiger partial charge in [-0.15, -0.1) is 0 Å². The number of carbonyl (C=O) groups is 3. The molecule has 6 aliphatic rings. The lowest BCUT2D eigenvalue weighted by Gasteiger charge is -2.70. The van der Waals surface area contributed by atoms with Crippen molar-refractivity contribution in [3.8, 4) is 0 Å². The van der Waals surface area contributed by atoms with Gasteiger partial charge in [0.15, 0.2) is 0 Å². The van der Waals surface area contributed by atoms with Crippen LogP contribution >= 0.6 is 0 Å². The highest BCUT2D eigenvalue weighted by atomic mass is 16.6. The number of piperidine rings is 1. The number of hydrogen-bond acceptors (Lipinski definition) is 6. The van der Waals surface area contributed by atoms with E-state index in [4.69, 9.17) is 9.47 Å². The van der Waals surface area contributed by atoms with Crippen molar-refractivity contribution in [2.24, 2.45) is 51.2 Å². The minimum atomic E-state index is -0.626. The molecule has 3 unspecified atom stereocenters. The van der Waals surface area contributed by atoms with E-state index in [-0.39, 0.29) is 57.4 Å². The van der Waals surface area contributed by atoms with Gasteiger partial charge >= 0.3 is 12.1 Å². The molecule has 1 heterocycles. The van der Waals surface area contributed by atoms with Crippen molar-refractivity contribution in [3.05, 3.63) is 11.1 Å². The van der Waals surface area contributed by atoms with E-state index in [1.54, 1.807) is 6.92 Å². The lowest BCUT2D eigenvalue weighted by atomic mass is 9.34. The highest BCUT2D eigenvalue weighted by Gasteiger charge is 2.69. The van der Waals surface area contributed by atoms with E-state index < -0.39 is 5.54 Å². The van der Waals surface area contributed by atoms with Gasteiger partial charge in [-0.2, -0.15) is 0 Å². The summed E-state index contributed by atoms with van der Waals surface area (Å²) in [5.74, 6) is 1.61. The van der Waals surface area contributed by atoms with Crippen molar-refractivity contribution in [3.63, 3.8) is 0 Å². The summed E-state index contributed by atoms with van der Waals surface area (Å²) in [7, 11) is 2.15. The molecule has 4 saturated carbocycles. The van der Waals surface area contributed by atoms with Crippen LogP contribution in [0.1, 0.15) is 126 Å². The molecule has 7 heteroatoms. The van der Waals surface area contributed by atoms with Crippen molar-refractivity contribution in [2.45, 2.75) is 138 Å². The number of rotatable bonds is 5. The number of alkyl carbamates (subject to hydrolysis) is 1. The second-order valence-corrected chi connectivity index (χ2v) is 18.2. The number of nitrogens with zero attached hydrogens (tertiary/aromatic N) is 1. The number of Topliss-reactive ketones (excluding diaryl/α,β-unsaturated/α-hetero) is 1. The Hall–Kier alpha value is -1.89. The molecule has 0 aromatic carbocycles. The number of esters is 1. The lowest BCUT2D eigenvalue weighted by molar-refractivity contribution is -0.212. The van der Waals surface area contributed by atoms with Gasteiger partial charge in [-0.25, -0.2) is 4.79 Å². The standard InChI is InChI=1S/C39H62N2O5/c1-24(2)32-28(43)22-39(40-34(44)45-23-26-14-20-41(9)21-15-26)19-18-37(7)27(33(32)39)10-11-30-36(6)16-13-31(46-25(3)42)35(4,5)29(36)12-17-38(30,37)8/h24,26,29-32H,10-23H2,1-9H3,(H,40,44)/t29?,30?,31-,32?,36-,37+,38+,39+/m0/s1. The molecule has 8 atom stereocenters. The first kappa shape index (κ1) is 34.0. The van der Waals surface area contributed by atoms with Gasteiger partial charge in [-0.1, -0.05) is 54.0 Å². The second-order valence-electron chi connectivity index (χ2n) is 18.2. The Balaban J connectivity index is 1.31. The summed E-state index contributed by atoms with van der Waals surface area (Å²) in [5, 5.41) is 3.38. The fourth-order valence-electron chi connectivity index (χ4n) is 12.7. The normalized spacial score (nSPS) is 42.5. The summed E-state index contributed by atoms with van der Waals surface area (Å²) < 4.78 is 11.8. The van der Waals surface area contributed by atoms with Crippen LogP contribution < -0.4 is 5.32 Å². The summed E-state index contributed by atoms with van der Waals surface area (Å²) in [6.45, 7) is 20.8. The van der Waals surface area contributed by atoms with E-state index in [2.05, 4.69) is 65.7 Å². The monoisotopic (exact) mass is 638 g/mol. The molecule has 0 aromatic heterocycles. The smallest absolute Gasteiger partial charge is 0.407 e. The summed E-state index contributed by atoms with van der Waals surface area (Å²) in [5.41, 5.74) is 2.27. The Morgan fingerprint density at radius 3 is 2.28 bits per heavy atom. The number of allylic oxidation sites excluding steroid dienone is 1. The number of likely N-dealkylation sites (tertiary alicyclic amines) is 1. The molecule has 1 N–H and O–H groups in total. The summed E-state index contributed by atoms with van der Waals surface area (Å²) in [4.78, 5) is 41.8. The number of amides is 1. The van der Waals surface area contributed by atoms with Gasteiger partial charge in [-0.3, -0.25) is 9.59 Å². The van der Waals surface area contributed by atoms with Crippen molar-refractivity contribution in [2.75, 3.05) is 26.7 Å². The van der Waals surface area contributed by atoms with E-state index in [1.165, 1.54) is 11.1 Å². The zero-order valence-corrected chi connectivity index (χ0v) is 30.4. The first-order valence-corrected chi connectivity index (χ1v) is 18.6. The fraction of sp³-hybridized carbons (Fsp3) is 0.872. The van der Waals surface area contributed by atoms with Gasteiger partial charge < -0.3 is 19.7 Å². The topological polar surface area (TPSA) is 84.9 Å². The van der Waals surface area contributed by atoms with E-state index in [1.807, 2.05) is 0 Å². The number of hydrogen-bond donors (Lipinski definition) is 1. The van der Waals surface area contributed by atoms with Crippen molar-refractivity contribution >= 4 is 17.8 Å².